The first-order valence-electron chi connectivity index (χ1n) is 9.30. The van der Waals surface area contributed by atoms with Crippen molar-refractivity contribution in [3.05, 3.63) is 36.2 Å². The molecule has 1 saturated heterocycles. The molecule has 2 aromatic heterocycles. The van der Waals surface area contributed by atoms with Crippen molar-refractivity contribution in [3.63, 3.8) is 0 Å². The second-order valence-corrected chi connectivity index (χ2v) is 7.30. The van der Waals surface area contributed by atoms with Crippen molar-refractivity contribution in [3.8, 4) is 11.1 Å². The monoisotopic (exact) mass is 363 g/mol. The van der Waals surface area contributed by atoms with E-state index in [2.05, 4.69) is 21.2 Å². The molecule has 3 aromatic rings. The maximum absolute atomic E-state index is 12.6. The van der Waals surface area contributed by atoms with Crippen LogP contribution in [0.1, 0.15) is 18.5 Å². The van der Waals surface area contributed by atoms with Crippen LogP contribution in [0, 0.1) is 5.92 Å². The minimum Gasteiger partial charge on any atom is -0.382 e. The highest BCUT2D eigenvalue weighted by Crippen LogP contribution is 2.34. The second-order valence-electron chi connectivity index (χ2n) is 7.30. The number of nitrogen functional groups attached to an aromatic ring is 1. The highest BCUT2D eigenvalue weighted by molar-refractivity contribution is 6.01. The third kappa shape index (κ3) is 2.84. The number of nitrogens with one attached hydrogen (secondary N) is 1. The minimum absolute atomic E-state index is 0.135. The summed E-state index contributed by atoms with van der Waals surface area (Å²) in [6.45, 7) is 2.31. The smallest absolute Gasteiger partial charge is 0.233 e. The summed E-state index contributed by atoms with van der Waals surface area (Å²) in [5.74, 6) is 1.10. The standard InChI is InChI=1S/C20H21N5O2/c21-20-15-7-13(1-2-16(15)23-24-20)14-8-18-17(22-10-14)9-19(26)25(18)11-12-3-5-27-6-4-12/h1-2,7-8,10,12H,3-6,9,11H2,(H3,21,23,24). The molecule has 7 heteroatoms. The van der Waals surface area contributed by atoms with Gasteiger partial charge >= 0.3 is 0 Å². The van der Waals surface area contributed by atoms with Crippen molar-refractivity contribution < 1.29 is 9.53 Å². The van der Waals surface area contributed by atoms with Crippen LogP contribution >= 0.6 is 0 Å². The van der Waals surface area contributed by atoms with Crippen molar-refractivity contribution in [2.45, 2.75) is 19.3 Å². The zero-order valence-corrected chi connectivity index (χ0v) is 14.9. The van der Waals surface area contributed by atoms with E-state index in [0.717, 1.165) is 66.0 Å². The molecule has 2 aliphatic rings. The molecule has 3 N–H and O–H groups in total. The van der Waals surface area contributed by atoms with E-state index in [4.69, 9.17) is 10.5 Å². The summed E-state index contributed by atoms with van der Waals surface area (Å²) in [7, 11) is 0. The predicted molar refractivity (Wildman–Crippen MR) is 103 cm³/mol. The maximum atomic E-state index is 12.6. The summed E-state index contributed by atoms with van der Waals surface area (Å²) in [5.41, 5.74) is 10.6. The number of nitrogens with zero attached hydrogens (tertiary/aromatic N) is 3. The molecule has 0 spiro atoms. The Balaban J connectivity index is 1.49. The number of rotatable bonds is 3. The minimum atomic E-state index is 0.135. The molecule has 1 fully saturated rings. The lowest BCUT2D eigenvalue weighted by molar-refractivity contribution is -0.117. The summed E-state index contributed by atoms with van der Waals surface area (Å²) >= 11 is 0. The van der Waals surface area contributed by atoms with Crippen molar-refractivity contribution in [1.82, 2.24) is 15.2 Å². The summed E-state index contributed by atoms with van der Waals surface area (Å²) < 4.78 is 5.44. The largest absolute Gasteiger partial charge is 0.382 e. The van der Waals surface area contributed by atoms with E-state index in [9.17, 15) is 4.79 Å². The van der Waals surface area contributed by atoms with E-state index in [1.54, 1.807) is 0 Å². The Morgan fingerprint density at radius 2 is 2.07 bits per heavy atom. The molecule has 2 aliphatic heterocycles. The van der Waals surface area contributed by atoms with E-state index in [1.165, 1.54) is 0 Å². The number of anilines is 2. The second kappa shape index (κ2) is 6.35. The quantitative estimate of drug-likeness (QED) is 0.745. The van der Waals surface area contributed by atoms with Gasteiger partial charge in [0.2, 0.25) is 5.91 Å². The van der Waals surface area contributed by atoms with Crippen molar-refractivity contribution in [1.29, 1.82) is 0 Å². The fourth-order valence-electron chi connectivity index (χ4n) is 3.98. The van der Waals surface area contributed by atoms with Crippen LogP contribution in [0.5, 0.6) is 0 Å². The fourth-order valence-corrected chi connectivity index (χ4v) is 3.98. The van der Waals surface area contributed by atoms with Crippen LogP contribution in [-0.4, -0.2) is 40.8 Å². The number of hydrogen-bond acceptors (Lipinski definition) is 5. The molecule has 4 heterocycles. The lowest BCUT2D eigenvalue weighted by Gasteiger charge is -2.27. The third-order valence-electron chi connectivity index (χ3n) is 5.57. The predicted octanol–water partition coefficient (Wildman–Crippen LogP) is 2.52. The number of amides is 1. The van der Waals surface area contributed by atoms with Crippen LogP contribution < -0.4 is 10.6 Å². The van der Waals surface area contributed by atoms with Gasteiger partial charge in [-0.05, 0) is 42.5 Å². The molecule has 7 nitrogen and oxygen atoms in total. The number of carbonyl (C=O) groups is 1. The average molecular weight is 363 g/mol. The van der Waals surface area contributed by atoms with E-state index in [1.807, 2.05) is 29.3 Å². The zero-order chi connectivity index (χ0) is 18.4. The van der Waals surface area contributed by atoms with Crippen molar-refractivity contribution in [2.75, 3.05) is 30.4 Å². The van der Waals surface area contributed by atoms with Gasteiger partial charge in [0.15, 0.2) is 5.82 Å². The molecule has 0 saturated carbocycles. The molecule has 27 heavy (non-hydrogen) atoms. The van der Waals surface area contributed by atoms with Gasteiger partial charge < -0.3 is 15.4 Å². The van der Waals surface area contributed by atoms with E-state index in [-0.39, 0.29) is 5.91 Å². The van der Waals surface area contributed by atoms with E-state index < -0.39 is 0 Å². The van der Waals surface area contributed by atoms with Crippen LogP contribution in [0.4, 0.5) is 11.5 Å². The molecule has 0 unspecified atom stereocenters. The van der Waals surface area contributed by atoms with Gasteiger partial charge in [0, 0.05) is 36.9 Å². The average Bonchev–Trinajstić information content (AvgIpc) is 3.22. The third-order valence-corrected chi connectivity index (χ3v) is 5.57. The van der Waals surface area contributed by atoms with E-state index >= 15 is 0 Å². The Morgan fingerprint density at radius 3 is 2.93 bits per heavy atom. The number of benzene rings is 1. The number of carbonyl (C=O) groups excluding carboxylic acids is 1. The number of H-pyrrole nitrogens is 1. The van der Waals surface area contributed by atoms with Crippen LogP contribution in [0.25, 0.3) is 22.0 Å². The normalized spacial score (nSPS) is 17.6. The Bertz CT molecular complexity index is 1020. The Hall–Kier alpha value is -2.93. The van der Waals surface area contributed by atoms with Gasteiger partial charge in [0.25, 0.3) is 0 Å². The Labute approximate surface area is 156 Å². The van der Waals surface area contributed by atoms with Gasteiger partial charge in [-0.3, -0.25) is 14.9 Å². The molecule has 0 aliphatic carbocycles. The highest BCUT2D eigenvalue weighted by Gasteiger charge is 2.31. The molecule has 1 aromatic carbocycles. The van der Waals surface area contributed by atoms with Crippen molar-refractivity contribution in [2.24, 2.45) is 5.92 Å². The first-order chi connectivity index (χ1) is 13.2. The van der Waals surface area contributed by atoms with Gasteiger partial charge in [-0.25, -0.2) is 0 Å². The van der Waals surface area contributed by atoms with E-state index in [0.29, 0.717) is 18.2 Å². The molecule has 1 amide bonds. The molecule has 0 radical (unpaired) electrons. The molecule has 138 valence electrons. The van der Waals surface area contributed by atoms with Gasteiger partial charge in [-0.1, -0.05) is 6.07 Å². The summed E-state index contributed by atoms with van der Waals surface area (Å²) in [4.78, 5) is 19.1. The molecular weight excluding hydrogens is 342 g/mol. The van der Waals surface area contributed by atoms with Crippen molar-refractivity contribution >= 4 is 28.3 Å². The number of ether oxygens (including phenoxy) is 1. The van der Waals surface area contributed by atoms with Gasteiger partial charge in [0.05, 0.1) is 23.3 Å². The summed E-state index contributed by atoms with van der Waals surface area (Å²) in [5, 5.41) is 7.85. The summed E-state index contributed by atoms with van der Waals surface area (Å²) in [6, 6.07) is 8.07. The molecular formula is C20H21N5O2. The first-order valence-corrected chi connectivity index (χ1v) is 9.30. The van der Waals surface area contributed by atoms with Gasteiger partial charge in [0.1, 0.15) is 0 Å². The number of fused-ring (bicyclic) bond motifs is 2. The van der Waals surface area contributed by atoms with Crippen LogP contribution in [0.2, 0.25) is 0 Å². The topological polar surface area (TPSA) is 97.1 Å². The first kappa shape index (κ1) is 16.3. The highest BCUT2D eigenvalue weighted by atomic mass is 16.5. The zero-order valence-electron chi connectivity index (χ0n) is 14.9. The molecule has 0 atom stereocenters. The van der Waals surface area contributed by atoms with Crippen LogP contribution in [0.15, 0.2) is 30.5 Å². The lowest BCUT2D eigenvalue weighted by atomic mass is 9.99. The Kier molecular flexibility index (Phi) is 3.82. The molecule has 0 bridgehead atoms. The number of nitrogens with two attached hydrogens (primary N) is 1. The lowest BCUT2D eigenvalue weighted by Crippen LogP contribution is -2.34. The number of hydrogen-bond donors (Lipinski definition) is 2. The van der Waals surface area contributed by atoms with Gasteiger partial charge in [-0.2, -0.15) is 5.10 Å². The Morgan fingerprint density at radius 1 is 1.22 bits per heavy atom. The number of pyridine rings is 1. The number of aromatic nitrogens is 3. The fraction of sp³-hybridized carbons (Fsp3) is 0.350. The number of aromatic amines is 1. The SMILES string of the molecule is Nc1n[nH]c2ccc(-c3cnc4c(c3)N(CC3CCOCC3)C(=O)C4)cc12. The summed E-state index contributed by atoms with van der Waals surface area (Å²) in [6.07, 6.45) is 4.22. The molecule has 5 rings (SSSR count). The maximum Gasteiger partial charge on any atom is 0.233 e. The van der Waals surface area contributed by atoms with Gasteiger partial charge in [-0.15, -0.1) is 0 Å². The van der Waals surface area contributed by atoms with Crippen LogP contribution in [0.3, 0.4) is 0 Å². The van der Waals surface area contributed by atoms with Crippen LogP contribution in [-0.2, 0) is 16.0 Å².